The molecule has 6 heteroatoms. The zero-order chi connectivity index (χ0) is 14.7. The Balaban J connectivity index is 2.04. The van der Waals surface area contributed by atoms with Crippen molar-refractivity contribution < 1.29 is 9.53 Å². The van der Waals surface area contributed by atoms with Gasteiger partial charge in [0, 0.05) is 28.1 Å². The van der Waals surface area contributed by atoms with Gasteiger partial charge in [0.05, 0.1) is 12.1 Å². The average Bonchev–Trinajstić information content (AvgIpc) is 2.68. The van der Waals surface area contributed by atoms with Crippen molar-refractivity contribution >= 4 is 45.9 Å². The van der Waals surface area contributed by atoms with Gasteiger partial charge in [-0.2, -0.15) is 0 Å². The first-order valence-corrected chi connectivity index (χ1v) is 7.35. The number of hydrogen-bond acceptors (Lipinski definition) is 2. The maximum Gasteiger partial charge on any atom is 0.406 e. The van der Waals surface area contributed by atoms with Crippen LogP contribution in [0.3, 0.4) is 0 Å². The monoisotopic (exact) mass is 333 g/mol. The van der Waals surface area contributed by atoms with Gasteiger partial charge in [-0.15, -0.1) is 0 Å². The standard InChI is InChI=1S/C14H14Cl3NO2/c1-20-14(19)18-7-3-5-9-8-4-2-6-10(15)11(8)13(17)12(9)16/h2,4,6,9H,3,5,7H2,1H3,(H,18,19). The van der Waals surface area contributed by atoms with Crippen molar-refractivity contribution in [2.24, 2.45) is 0 Å². The quantitative estimate of drug-likeness (QED) is 0.809. The predicted molar refractivity (Wildman–Crippen MR) is 82.5 cm³/mol. The van der Waals surface area contributed by atoms with Crippen molar-refractivity contribution in [3.8, 4) is 0 Å². The van der Waals surface area contributed by atoms with E-state index in [4.69, 9.17) is 34.8 Å². The second-order valence-electron chi connectivity index (χ2n) is 4.48. The molecule has 0 aliphatic heterocycles. The van der Waals surface area contributed by atoms with Gasteiger partial charge in [-0.25, -0.2) is 4.79 Å². The largest absolute Gasteiger partial charge is 0.453 e. The molecule has 1 aromatic carbocycles. The molecular formula is C14H14Cl3NO2. The second kappa shape index (κ2) is 6.70. The van der Waals surface area contributed by atoms with E-state index in [9.17, 15) is 4.79 Å². The van der Waals surface area contributed by atoms with E-state index in [0.29, 0.717) is 21.6 Å². The van der Waals surface area contributed by atoms with Crippen LogP contribution in [-0.4, -0.2) is 19.7 Å². The van der Waals surface area contributed by atoms with E-state index in [1.54, 1.807) is 6.07 Å². The molecule has 0 radical (unpaired) electrons. The minimum atomic E-state index is -0.431. The van der Waals surface area contributed by atoms with Gasteiger partial charge in [0.1, 0.15) is 0 Å². The Hall–Kier alpha value is -0.900. The van der Waals surface area contributed by atoms with E-state index in [1.165, 1.54) is 7.11 Å². The molecule has 0 saturated heterocycles. The van der Waals surface area contributed by atoms with Crippen LogP contribution in [0.4, 0.5) is 4.79 Å². The number of alkyl carbamates (subject to hydrolysis) is 1. The number of carbonyl (C=O) groups is 1. The smallest absolute Gasteiger partial charge is 0.406 e. The average molecular weight is 335 g/mol. The van der Waals surface area contributed by atoms with Crippen LogP contribution in [-0.2, 0) is 4.74 Å². The third-order valence-electron chi connectivity index (χ3n) is 3.28. The predicted octanol–water partition coefficient (Wildman–Crippen LogP) is 4.72. The SMILES string of the molecule is COC(=O)NCCCC1C(Cl)=C(Cl)c2c(Cl)cccc21. The Morgan fingerprint density at radius 2 is 2.10 bits per heavy atom. The lowest BCUT2D eigenvalue weighted by Gasteiger charge is -2.13. The Kier molecular flexibility index (Phi) is 5.19. The molecule has 1 N–H and O–H groups in total. The van der Waals surface area contributed by atoms with Crippen LogP contribution in [0.5, 0.6) is 0 Å². The van der Waals surface area contributed by atoms with E-state index in [1.807, 2.05) is 12.1 Å². The first-order chi connectivity index (χ1) is 9.56. The van der Waals surface area contributed by atoms with E-state index in [0.717, 1.165) is 24.0 Å². The topological polar surface area (TPSA) is 38.3 Å². The van der Waals surface area contributed by atoms with E-state index < -0.39 is 6.09 Å². The van der Waals surface area contributed by atoms with E-state index >= 15 is 0 Å². The highest BCUT2D eigenvalue weighted by atomic mass is 35.5. The van der Waals surface area contributed by atoms with Crippen molar-refractivity contribution in [1.29, 1.82) is 0 Å². The van der Waals surface area contributed by atoms with E-state index in [2.05, 4.69) is 10.1 Å². The third-order valence-corrected chi connectivity index (χ3v) is 4.54. The first-order valence-electron chi connectivity index (χ1n) is 6.22. The summed E-state index contributed by atoms with van der Waals surface area (Å²) in [6.45, 7) is 0.529. The summed E-state index contributed by atoms with van der Waals surface area (Å²) >= 11 is 18.7. The Morgan fingerprint density at radius 3 is 2.80 bits per heavy atom. The molecule has 0 heterocycles. The van der Waals surface area contributed by atoms with Gasteiger partial charge >= 0.3 is 6.09 Å². The van der Waals surface area contributed by atoms with Crippen molar-refractivity contribution in [3.05, 3.63) is 39.4 Å². The lowest BCUT2D eigenvalue weighted by molar-refractivity contribution is 0.171. The van der Waals surface area contributed by atoms with Crippen molar-refractivity contribution in [3.63, 3.8) is 0 Å². The molecule has 0 aromatic heterocycles. The molecule has 3 nitrogen and oxygen atoms in total. The summed E-state index contributed by atoms with van der Waals surface area (Å²) in [7, 11) is 1.34. The number of fused-ring (bicyclic) bond motifs is 1. The fraction of sp³-hybridized carbons (Fsp3) is 0.357. The molecule has 1 aliphatic carbocycles. The number of rotatable bonds is 4. The van der Waals surface area contributed by atoms with Crippen LogP contribution in [0.1, 0.15) is 29.9 Å². The minimum Gasteiger partial charge on any atom is -0.453 e. The maximum atomic E-state index is 11.0. The Labute approximate surface area is 132 Å². The van der Waals surface area contributed by atoms with Crippen LogP contribution in [0.2, 0.25) is 5.02 Å². The van der Waals surface area contributed by atoms with Gasteiger partial charge < -0.3 is 10.1 Å². The summed E-state index contributed by atoms with van der Waals surface area (Å²) in [6.07, 6.45) is 1.12. The van der Waals surface area contributed by atoms with Crippen LogP contribution >= 0.6 is 34.8 Å². The third kappa shape index (κ3) is 3.05. The molecule has 108 valence electrons. The number of nitrogens with one attached hydrogen (secondary N) is 1. The summed E-state index contributed by atoms with van der Waals surface area (Å²) in [6, 6.07) is 5.67. The molecule has 0 saturated carbocycles. The molecule has 0 spiro atoms. The number of benzene rings is 1. The number of ether oxygens (including phenoxy) is 1. The summed E-state index contributed by atoms with van der Waals surface area (Å²) < 4.78 is 4.51. The van der Waals surface area contributed by atoms with Gasteiger partial charge in [-0.3, -0.25) is 0 Å². The molecule has 0 bridgehead atoms. The Bertz CT molecular complexity index is 557. The molecule has 1 aliphatic rings. The van der Waals surface area contributed by atoms with Crippen LogP contribution < -0.4 is 5.32 Å². The highest BCUT2D eigenvalue weighted by Gasteiger charge is 2.30. The van der Waals surface area contributed by atoms with Crippen LogP contribution in [0.25, 0.3) is 5.03 Å². The molecule has 1 amide bonds. The summed E-state index contributed by atoms with van der Waals surface area (Å²) in [4.78, 5) is 11.0. The van der Waals surface area contributed by atoms with Gasteiger partial charge in [0.15, 0.2) is 0 Å². The molecule has 1 unspecified atom stereocenters. The van der Waals surface area contributed by atoms with Crippen LogP contribution in [0.15, 0.2) is 23.2 Å². The Morgan fingerprint density at radius 1 is 1.35 bits per heavy atom. The lowest BCUT2D eigenvalue weighted by Crippen LogP contribution is -2.24. The number of amides is 1. The van der Waals surface area contributed by atoms with Gasteiger partial charge in [0.25, 0.3) is 0 Å². The van der Waals surface area contributed by atoms with E-state index in [-0.39, 0.29) is 5.92 Å². The second-order valence-corrected chi connectivity index (χ2v) is 5.67. The molecule has 1 aromatic rings. The molecule has 20 heavy (non-hydrogen) atoms. The highest BCUT2D eigenvalue weighted by molar-refractivity contribution is 6.57. The zero-order valence-corrected chi connectivity index (χ0v) is 13.1. The summed E-state index contributed by atoms with van der Waals surface area (Å²) in [5.41, 5.74) is 1.87. The number of allylic oxidation sites excluding steroid dienone is 1. The molecular weight excluding hydrogens is 321 g/mol. The molecule has 0 fully saturated rings. The fourth-order valence-electron chi connectivity index (χ4n) is 2.32. The molecule has 1 atom stereocenters. The lowest BCUT2D eigenvalue weighted by atomic mass is 9.96. The summed E-state index contributed by atoms with van der Waals surface area (Å²) in [5.74, 6) is 0.0392. The highest BCUT2D eigenvalue weighted by Crippen LogP contribution is 2.49. The number of methoxy groups -OCH3 is 1. The summed E-state index contributed by atoms with van der Waals surface area (Å²) in [5, 5.41) is 4.39. The number of halogens is 3. The fourth-order valence-corrected chi connectivity index (χ4v) is 3.31. The van der Waals surface area contributed by atoms with Crippen molar-refractivity contribution in [1.82, 2.24) is 5.32 Å². The van der Waals surface area contributed by atoms with Crippen molar-refractivity contribution in [2.45, 2.75) is 18.8 Å². The minimum absolute atomic E-state index is 0.0392. The molecule has 2 rings (SSSR count). The van der Waals surface area contributed by atoms with Gasteiger partial charge in [-0.05, 0) is 24.5 Å². The normalized spacial score (nSPS) is 17.1. The first kappa shape index (κ1) is 15.5. The van der Waals surface area contributed by atoms with Crippen LogP contribution in [0, 0.1) is 0 Å². The zero-order valence-electron chi connectivity index (χ0n) is 10.9. The van der Waals surface area contributed by atoms with Gasteiger partial charge in [0.2, 0.25) is 0 Å². The number of carbonyl (C=O) groups excluding carboxylic acids is 1. The van der Waals surface area contributed by atoms with Crippen molar-refractivity contribution in [2.75, 3.05) is 13.7 Å². The number of hydrogen-bond donors (Lipinski definition) is 1. The van der Waals surface area contributed by atoms with Gasteiger partial charge in [-0.1, -0.05) is 46.9 Å². The maximum absolute atomic E-state index is 11.0.